The smallest absolute Gasteiger partial charge is 0.00924 e. The van der Waals surface area contributed by atoms with E-state index in [-0.39, 0.29) is 0 Å². The topological polar surface area (TPSA) is 15.3 Å². The van der Waals surface area contributed by atoms with Crippen LogP contribution in [0.3, 0.4) is 0 Å². The Labute approximate surface area is 108 Å². The number of hydrogen-bond donors (Lipinski definition) is 1. The van der Waals surface area contributed by atoms with Gasteiger partial charge in [0.1, 0.15) is 0 Å². The molecule has 17 heavy (non-hydrogen) atoms. The van der Waals surface area contributed by atoms with Crippen LogP contribution in [0.2, 0.25) is 0 Å². The number of nitrogens with zero attached hydrogens (tertiary/aromatic N) is 1. The van der Waals surface area contributed by atoms with E-state index in [0.717, 1.165) is 19.1 Å². The van der Waals surface area contributed by atoms with Crippen LogP contribution in [0.15, 0.2) is 0 Å². The quantitative estimate of drug-likeness (QED) is 0.735. The highest BCUT2D eigenvalue weighted by atomic mass is 15.1. The molecule has 1 rings (SSSR count). The lowest BCUT2D eigenvalue weighted by atomic mass is 9.85. The van der Waals surface area contributed by atoms with Crippen LogP contribution in [0.5, 0.6) is 0 Å². The zero-order chi connectivity index (χ0) is 12.7. The monoisotopic (exact) mass is 240 g/mol. The maximum absolute atomic E-state index is 3.52. The van der Waals surface area contributed by atoms with E-state index in [0.29, 0.717) is 5.41 Å². The molecule has 0 aromatic heterocycles. The molecule has 1 saturated carbocycles. The van der Waals surface area contributed by atoms with E-state index >= 15 is 0 Å². The van der Waals surface area contributed by atoms with E-state index in [1.54, 1.807) is 0 Å². The minimum absolute atomic E-state index is 0.433. The molecule has 0 spiro atoms. The summed E-state index contributed by atoms with van der Waals surface area (Å²) in [6, 6.07) is 0.844. The number of hydrogen-bond acceptors (Lipinski definition) is 2. The molecule has 0 aromatic rings. The Kier molecular flexibility index (Phi) is 6.50. The Hall–Kier alpha value is -0.0800. The molecule has 0 heterocycles. The largest absolute Gasteiger partial charge is 0.316 e. The zero-order valence-electron chi connectivity index (χ0n) is 12.4. The van der Waals surface area contributed by atoms with Gasteiger partial charge in [-0.15, -0.1) is 0 Å². The standard InChI is InChI=1S/C15H32N2/c1-5-15(3,12-16-6-2)13-17(4)14-10-8-7-9-11-14/h14,16H,5-13H2,1-4H3. The van der Waals surface area contributed by atoms with Gasteiger partial charge in [-0.05, 0) is 38.3 Å². The third-order valence-electron chi connectivity index (χ3n) is 4.48. The second-order valence-electron chi connectivity index (χ2n) is 6.15. The summed E-state index contributed by atoms with van der Waals surface area (Å²) in [5, 5.41) is 3.52. The zero-order valence-corrected chi connectivity index (χ0v) is 12.4. The van der Waals surface area contributed by atoms with Crippen LogP contribution in [0.25, 0.3) is 0 Å². The van der Waals surface area contributed by atoms with Gasteiger partial charge in [-0.25, -0.2) is 0 Å². The Morgan fingerprint density at radius 1 is 1.18 bits per heavy atom. The maximum Gasteiger partial charge on any atom is 0.00924 e. The predicted molar refractivity (Wildman–Crippen MR) is 76.4 cm³/mol. The number of nitrogens with one attached hydrogen (secondary N) is 1. The van der Waals surface area contributed by atoms with E-state index in [2.05, 4.69) is 38.0 Å². The van der Waals surface area contributed by atoms with E-state index in [1.165, 1.54) is 45.1 Å². The van der Waals surface area contributed by atoms with Gasteiger partial charge in [0.15, 0.2) is 0 Å². The van der Waals surface area contributed by atoms with Crippen molar-refractivity contribution in [3.63, 3.8) is 0 Å². The molecule has 0 amide bonds. The third-order valence-corrected chi connectivity index (χ3v) is 4.48. The molecule has 0 aliphatic heterocycles. The fraction of sp³-hybridized carbons (Fsp3) is 1.00. The van der Waals surface area contributed by atoms with E-state index < -0.39 is 0 Å². The van der Waals surface area contributed by atoms with E-state index in [1.807, 2.05) is 0 Å². The second kappa shape index (κ2) is 7.38. The number of rotatable bonds is 7. The second-order valence-corrected chi connectivity index (χ2v) is 6.15. The molecule has 1 N–H and O–H groups in total. The molecule has 0 aromatic carbocycles. The molecule has 1 unspecified atom stereocenters. The Bertz CT molecular complexity index is 199. The fourth-order valence-electron chi connectivity index (χ4n) is 2.97. The van der Waals surface area contributed by atoms with Gasteiger partial charge in [0.25, 0.3) is 0 Å². The summed E-state index contributed by atoms with van der Waals surface area (Å²) in [6.07, 6.45) is 8.41. The highest BCUT2D eigenvalue weighted by Crippen LogP contribution is 2.27. The van der Waals surface area contributed by atoms with Gasteiger partial charge in [-0.2, -0.15) is 0 Å². The average Bonchev–Trinajstić information content (AvgIpc) is 2.37. The van der Waals surface area contributed by atoms with Crippen molar-refractivity contribution in [1.82, 2.24) is 10.2 Å². The van der Waals surface area contributed by atoms with Gasteiger partial charge in [0.2, 0.25) is 0 Å². The molecule has 1 aliphatic rings. The Morgan fingerprint density at radius 2 is 1.82 bits per heavy atom. The van der Waals surface area contributed by atoms with Gasteiger partial charge in [0, 0.05) is 19.1 Å². The van der Waals surface area contributed by atoms with Crippen molar-refractivity contribution in [2.45, 2.75) is 65.3 Å². The molecule has 2 heteroatoms. The summed E-state index contributed by atoms with van der Waals surface area (Å²) in [4.78, 5) is 2.62. The first kappa shape index (κ1) is 15.0. The van der Waals surface area contributed by atoms with Crippen LogP contribution in [-0.2, 0) is 0 Å². The van der Waals surface area contributed by atoms with Crippen molar-refractivity contribution in [2.75, 3.05) is 26.7 Å². The summed E-state index contributed by atoms with van der Waals surface area (Å²) >= 11 is 0. The molecule has 102 valence electrons. The molecule has 1 aliphatic carbocycles. The Balaban J connectivity index is 2.42. The lowest BCUT2D eigenvalue weighted by Gasteiger charge is -2.38. The van der Waals surface area contributed by atoms with Crippen LogP contribution < -0.4 is 5.32 Å². The van der Waals surface area contributed by atoms with Crippen molar-refractivity contribution in [2.24, 2.45) is 5.41 Å². The van der Waals surface area contributed by atoms with Crippen molar-refractivity contribution >= 4 is 0 Å². The van der Waals surface area contributed by atoms with Gasteiger partial charge in [-0.3, -0.25) is 0 Å². The molecular formula is C15H32N2. The minimum atomic E-state index is 0.433. The molecule has 0 saturated heterocycles. The maximum atomic E-state index is 3.52. The van der Waals surface area contributed by atoms with E-state index in [4.69, 9.17) is 0 Å². The molecule has 2 nitrogen and oxygen atoms in total. The van der Waals surface area contributed by atoms with Crippen molar-refractivity contribution in [1.29, 1.82) is 0 Å². The molecule has 0 radical (unpaired) electrons. The van der Waals surface area contributed by atoms with Gasteiger partial charge < -0.3 is 10.2 Å². The van der Waals surface area contributed by atoms with Crippen LogP contribution in [-0.4, -0.2) is 37.6 Å². The minimum Gasteiger partial charge on any atom is -0.316 e. The predicted octanol–water partition coefficient (Wildman–Crippen LogP) is 3.28. The molecule has 0 bridgehead atoms. The van der Waals surface area contributed by atoms with Crippen molar-refractivity contribution in [3.05, 3.63) is 0 Å². The fourth-order valence-corrected chi connectivity index (χ4v) is 2.97. The van der Waals surface area contributed by atoms with Crippen molar-refractivity contribution < 1.29 is 0 Å². The molecule has 1 atom stereocenters. The van der Waals surface area contributed by atoms with Crippen LogP contribution in [0.4, 0.5) is 0 Å². The average molecular weight is 240 g/mol. The van der Waals surface area contributed by atoms with Gasteiger partial charge in [-0.1, -0.05) is 40.0 Å². The SMILES string of the molecule is CCNCC(C)(CC)CN(C)C1CCCCC1. The van der Waals surface area contributed by atoms with Gasteiger partial charge >= 0.3 is 0 Å². The lowest BCUT2D eigenvalue weighted by molar-refractivity contribution is 0.118. The third kappa shape index (κ3) is 4.97. The lowest BCUT2D eigenvalue weighted by Crippen LogP contribution is -2.44. The van der Waals surface area contributed by atoms with E-state index in [9.17, 15) is 0 Å². The molecule has 1 fully saturated rings. The normalized spacial score (nSPS) is 21.7. The van der Waals surface area contributed by atoms with Crippen LogP contribution in [0.1, 0.15) is 59.3 Å². The molecular weight excluding hydrogens is 208 g/mol. The summed E-state index contributed by atoms with van der Waals surface area (Å²) in [7, 11) is 2.33. The summed E-state index contributed by atoms with van der Waals surface area (Å²) in [6.45, 7) is 10.4. The summed E-state index contributed by atoms with van der Waals surface area (Å²) in [5.41, 5.74) is 0.433. The van der Waals surface area contributed by atoms with Crippen LogP contribution in [0, 0.1) is 5.41 Å². The highest BCUT2D eigenvalue weighted by Gasteiger charge is 2.27. The van der Waals surface area contributed by atoms with Gasteiger partial charge in [0.05, 0.1) is 0 Å². The first-order chi connectivity index (χ1) is 8.11. The summed E-state index contributed by atoms with van der Waals surface area (Å²) < 4.78 is 0. The Morgan fingerprint density at radius 3 is 2.35 bits per heavy atom. The van der Waals surface area contributed by atoms with Crippen molar-refractivity contribution in [3.8, 4) is 0 Å². The first-order valence-electron chi connectivity index (χ1n) is 7.52. The van der Waals surface area contributed by atoms with Crippen LogP contribution >= 0.6 is 0 Å². The highest BCUT2D eigenvalue weighted by molar-refractivity contribution is 4.82. The summed E-state index contributed by atoms with van der Waals surface area (Å²) in [5.74, 6) is 0. The first-order valence-corrected chi connectivity index (χ1v) is 7.52.